The van der Waals surface area contributed by atoms with Crippen molar-refractivity contribution in [2.24, 2.45) is 0 Å². The highest BCUT2D eigenvalue weighted by Gasteiger charge is 2.10. The molecule has 0 aliphatic carbocycles. The summed E-state index contributed by atoms with van der Waals surface area (Å²) in [7, 11) is 1.65. The first-order chi connectivity index (χ1) is 9.69. The first-order valence-corrected chi connectivity index (χ1v) is 6.86. The summed E-state index contributed by atoms with van der Waals surface area (Å²) in [5, 5.41) is 3.28. The van der Waals surface area contributed by atoms with Gasteiger partial charge < -0.3 is 14.8 Å². The van der Waals surface area contributed by atoms with E-state index in [9.17, 15) is 4.79 Å². The Balaban J connectivity index is 2.30. The Kier molecular flexibility index (Phi) is 8.10. The van der Waals surface area contributed by atoms with Crippen LogP contribution in [0.3, 0.4) is 0 Å². The van der Waals surface area contributed by atoms with Crippen LogP contribution >= 0.6 is 11.6 Å². The van der Waals surface area contributed by atoms with Gasteiger partial charge in [0.1, 0.15) is 16.8 Å². The van der Waals surface area contributed by atoms with E-state index in [-0.39, 0.29) is 5.15 Å². The van der Waals surface area contributed by atoms with E-state index in [2.05, 4.69) is 15.3 Å². The standard InChI is InChI=1S/C13H20ClN3O3/c1-10-16-12(14)11(9-18)13(17-10)15-5-3-4-6-20-8-7-19-2/h9H,3-8H2,1-2H3,(H,15,16,17). The second-order valence-corrected chi connectivity index (χ2v) is 4.54. The van der Waals surface area contributed by atoms with Crippen molar-refractivity contribution in [2.75, 3.05) is 38.8 Å². The number of aryl methyl sites for hydroxylation is 1. The first-order valence-electron chi connectivity index (χ1n) is 6.49. The molecule has 0 aliphatic rings. The molecule has 6 nitrogen and oxygen atoms in total. The molecule has 7 heteroatoms. The van der Waals surface area contributed by atoms with Crippen LogP contribution in [0.1, 0.15) is 29.0 Å². The van der Waals surface area contributed by atoms with Gasteiger partial charge in [0.05, 0.1) is 18.8 Å². The smallest absolute Gasteiger partial charge is 0.156 e. The Morgan fingerprint density at radius 3 is 2.75 bits per heavy atom. The van der Waals surface area contributed by atoms with Crippen molar-refractivity contribution in [3.8, 4) is 0 Å². The summed E-state index contributed by atoms with van der Waals surface area (Å²) in [6.07, 6.45) is 2.49. The van der Waals surface area contributed by atoms with Gasteiger partial charge >= 0.3 is 0 Å². The molecular weight excluding hydrogens is 282 g/mol. The second-order valence-electron chi connectivity index (χ2n) is 4.18. The zero-order valence-corrected chi connectivity index (χ0v) is 12.6. The van der Waals surface area contributed by atoms with Crippen LogP contribution in [0, 0.1) is 6.92 Å². The number of rotatable bonds is 10. The van der Waals surface area contributed by atoms with E-state index in [1.807, 2.05) is 0 Å². The summed E-state index contributed by atoms with van der Waals surface area (Å²) in [6.45, 7) is 4.34. The molecule has 1 N–H and O–H groups in total. The van der Waals surface area contributed by atoms with Crippen LogP contribution in [0.2, 0.25) is 5.15 Å². The van der Waals surface area contributed by atoms with Crippen molar-refractivity contribution >= 4 is 23.7 Å². The summed E-state index contributed by atoms with van der Waals surface area (Å²) >= 11 is 5.89. The van der Waals surface area contributed by atoms with Crippen molar-refractivity contribution in [3.05, 3.63) is 16.5 Å². The number of carbonyl (C=O) groups excluding carboxylic acids is 1. The monoisotopic (exact) mass is 301 g/mol. The predicted octanol–water partition coefficient (Wildman–Crippen LogP) is 2.11. The van der Waals surface area contributed by atoms with Crippen molar-refractivity contribution in [2.45, 2.75) is 19.8 Å². The third-order valence-electron chi connectivity index (χ3n) is 2.57. The number of unbranched alkanes of at least 4 members (excludes halogenated alkanes) is 1. The summed E-state index contributed by atoms with van der Waals surface area (Å²) in [6, 6.07) is 0. The Hall–Kier alpha value is -1.24. The zero-order valence-electron chi connectivity index (χ0n) is 11.8. The number of nitrogens with zero attached hydrogens (tertiary/aromatic N) is 2. The number of hydrogen-bond donors (Lipinski definition) is 1. The number of ether oxygens (including phenoxy) is 2. The number of aldehydes is 1. The summed E-state index contributed by atoms with van der Waals surface area (Å²) in [5.41, 5.74) is 0.300. The first kappa shape index (κ1) is 16.8. The molecule has 0 bridgehead atoms. The molecule has 0 aromatic carbocycles. The molecular formula is C13H20ClN3O3. The Morgan fingerprint density at radius 2 is 2.05 bits per heavy atom. The summed E-state index contributed by atoms with van der Waals surface area (Å²) in [5.74, 6) is 1.02. The van der Waals surface area contributed by atoms with Crippen LogP contribution in [0.25, 0.3) is 0 Å². The highest BCUT2D eigenvalue weighted by Crippen LogP contribution is 2.18. The van der Waals surface area contributed by atoms with Crippen molar-refractivity contribution in [1.82, 2.24) is 9.97 Å². The van der Waals surface area contributed by atoms with Gasteiger partial charge in [-0.2, -0.15) is 0 Å². The number of aromatic nitrogens is 2. The minimum atomic E-state index is 0.179. The fourth-order valence-electron chi connectivity index (χ4n) is 1.57. The molecule has 1 rings (SSSR count). The van der Waals surface area contributed by atoms with Gasteiger partial charge in [-0.05, 0) is 19.8 Å². The molecule has 0 fully saturated rings. The number of methoxy groups -OCH3 is 1. The minimum absolute atomic E-state index is 0.179. The van der Waals surface area contributed by atoms with Crippen molar-refractivity contribution in [3.63, 3.8) is 0 Å². The number of hydrogen-bond acceptors (Lipinski definition) is 6. The average molecular weight is 302 g/mol. The molecule has 0 aliphatic heterocycles. The maximum atomic E-state index is 11.0. The van der Waals surface area contributed by atoms with E-state index in [0.29, 0.717) is 49.9 Å². The maximum absolute atomic E-state index is 11.0. The molecule has 0 radical (unpaired) electrons. The molecule has 1 heterocycles. The number of nitrogens with one attached hydrogen (secondary N) is 1. The summed E-state index contributed by atoms with van der Waals surface area (Å²) in [4.78, 5) is 19.1. The van der Waals surface area contributed by atoms with Crippen LogP contribution < -0.4 is 5.32 Å². The molecule has 0 saturated carbocycles. The van der Waals surface area contributed by atoms with Gasteiger partial charge in [-0.1, -0.05) is 11.6 Å². The van der Waals surface area contributed by atoms with E-state index in [4.69, 9.17) is 21.1 Å². The highest BCUT2D eigenvalue weighted by molar-refractivity contribution is 6.32. The number of carbonyl (C=O) groups is 1. The lowest BCUT2D eigenvalue weighted by atomic mass is 10.3. The topological polar surface area (TPSA) is 73.3 Å². The Labute approximate surface area is 123 Å². The molecule has 112 valence electrons. The third kappa shape index (κ3) is 5.81. The number of halogens is 1. The lowest BCUT2D eigenvalue weighted by molar-refractivity contribution is 0.0691. The Bertz CT molecular complexity index is 430. The second kappa shape index (κ2) is 9.63. The van der Waals surface area contributed by atoms with Crippen molar-refractivity contribution < 1.29 is 14.3 Å². The van der Waals surface area contributed by atoms with E-state index >= 15 is 0 Å². The molecule has 1 aromatic rings. The van der Waals surface area contributed by atoms with Gasteiger partial charge in [0, 0.05) is 20.3 Å². The molecule has 0 spiro atoms. The molecule has 0 atom stereocenters. The molecule has 0 amide bonds. The Morgan fingerprint density at radius 1 is 1.25 bits per heavy atom. The van der Waals surface area contributed by atoms with Gasteiger partial charge in [-0.25, -0.2) is 9.97 Å². The lowest BCUT2D eigenvalue weighted by Gasteiger charge is -2.09. The predicted molar refractivity (Wildman–Crippen MR) is 77.6 cm³/mol. The van der Waals surface area contributed by atoms with Crippen LogP contribution in [-0.2, 0) is 9.47 Å². The van der Waals surface area contributed by atoms with E-state index in [0.717, 1.165) is 12.8 Å². The lowest BCUT2D eigenvalue weighted by Crippen LogP contribution is -2.10. The SMILES string of the molecule is COCCOCCCCNc1nc(C)nc(Cl)c1C=O. The van der Waals surface area contributed by atoms with Gasteiger partial charge in [0.25, 0.3) is 0 Å². The minimum Gasteiger partial charge on any atom is -0.382 e. The highest BCUT2D eigenvalue weighted by atomic mass is 35.5. The van der Waals surface area contributed by atoms with E-state index < -0.39 is 0 Å². The average Bonchev–Trinajstić information content (AvgIpc) is 2.41. The van der Waals surface area contributed by atoms with Gasteiger partial charge in [0.2, 0.25) is 0 Å². The van der Waals surface area contributed by atoms with E-state index in [1.54, 1.807) is 14.0 Å². The van der Waals surface area contributed by atoms with Crippen molar-refractivity contribution in [1.29, 1.82) is 0 Å². The fourth-order valence-corrected chi connectivity index (χ4v) is 1.82. The largest absolute Gasteiger partial charge is 0.382 e. The molecule has 1 aromatic heterocycles. The molecule has 20 heavy (non-hydrogen) atoms. The van der Waals surface area contributed by atoms with Crippen LogP contribution in [0.15, 0.2) is 0 Å². The van der Waals surface area contributed by atoms with Gasteiger partial charge in [-0.15, -0.1) is 0 Å². The zero-order chi connectivity index (χ0) is 14.8. The quantitative estimate of drug-likeness (QED) is 0.405. The van der Waals surface area contributed by atoms with Gasteiger partial charge in [0.15, 0.2) is 6.29 Å². The van der Waals surface area contributed by atoms with Crippen LogP contribution in [0.4, 0.5) is 5.82 Å². The van der Waals surface area contributed by atoms with Crippen LogP contribution in [-0.4, -0.2) is 49.7 Å². The normalized spacial score (nSPS) is 10.6. The van der Waals surface area contributed by atoms with Crippen LogP contribution in [0.5, 0.6) is 0 Å². The van der Waals surface area contributed by atoms with E-state index in [1.165, 1.54) is 0 Å². The molecule has 0 unspecified atom stereocenters. The number of anilines is 1. The maximum Gasteiger partial charge on any atom is 0.156 e. The fraction of sp³-hybridized carbons (Fsp3) is 0.615. The molecule has 0 saturated heterocycles. The summed E-state index contributed by atoms with van der Waals surface area (Å²) < 4.78 is 10.2. The van der Waals surface area contributed by atoms with Gasteiger partial charge in [-0.3, -0.25) is 4.79 Å². The third-order valence-corrected chi connectivity index (χ3v) is 2.86.